The maximum atomic E-state index is 12.0. The van der Waals surface area contributed by atoms with Crippen LogP contribution in [0.15, 0.2) is 18.2 Å². The van der Waals surface area contributed by atoms with Crippen molar-refractivity contribution in [1.29, 1.82) is 0 Å². The molecule has 1 unspecified atom stereocenters. The summed E-state index contributed by atoms with van der Waals surface area (Å²) >= 11 is 5.87. The van der Waals surface area contributed by atoms with Crippen LogP contribution in [0.3, 0.4) is 0 Å². The predicted octanol–water partition coefficient (Wildman–Crippen LogP) is 2.66. The van der Waals surface area contributed by atoms with Gasteiger partial charge in [-0.3, -0.25) is 0 Å². The van der Waals surface area contributed by atoms with Gasteiger partial charge in [0.15, 0.2) is 6.10 Å². The number of rotatable bonds is 4. The molecule has 0 amide bonds. The van der Waals surface area contributed by atoms with Gasteiger partial charge in [-0.1, -0.05) is 23.7 Å². The third-order valence-electron chi connectivity index (χ3n) is 2.28. The monoisotopic (exact) mass is 267 g/mol. The molecule has 96 valence electrons. The van der Waals surface area contributed by atoms with Crippen molar-refractivity contribution in [3.63, 3.8) is 0 Å². The fourth-order valence-electron chi connectivity index (χ4n) is 1.22. The quantitative estimate of drug-likeness (QED) is 0.879. The lowest BCUT2D eigenvalue weighted by Gasteiger charge is -2.15. The van der Waals surface area contributed by atoms with E-state index >= 15 is 0 Å². The fraction of sp³-hybridized carbons (Fsp3) is 0.455. The topological polar surface area (TPSA) is 32.3 Å². The number of hydrogen-bond acceptors (Lipinski definition) is 2. The van der Waals surface area contributed by atoms with Crippen molar-refractivity contribution in [2.45, 2.75) is 25.7 Å². The number of hydrogen-bond donors (Lipinski definition) is 2. The van der Waals surface area contributed by atoms with Crippen LogP contribution in [0.5, 0.6) is 0 Å². The van der Waals surface area contributed by atoms with Gasteiger partial charge in [-0.05, 0) is 24.1 Å². The lowest BCUT2D eigenvalue weighted by atomic mass is 10.1. The van der Waals surface area contributed by atoms with Gasteiger partial charge >= 0.3 is 6.18 Å². The van der Waals surface area contributed by atoms with E-state index in [1.165, 1.54) is 0 Å². The van der Waals surface area contributed by atoms with Crippen LogP contribution in [0.2, 0.25) is 5.02 Å². The van der Waals surface area contributed by atoms with Gasteiger partial charge in [0.05, 0.1) is 0 Å². The number of benzene rings is 1. The largest absolute Gasteiger partial charge is 0.415 e. The first-order valence-corrected chi connectivity index (χ1v) is 5.39. The summed E-state index contributed by atoms with van der Waals surface area (Å²) in [7, 11) is 0. The zero-order chi connectivity index (χ0) is 13.1. The molecule has 0 bridgehead atoms. The minimum absolute atomic E-state index is 0.229. The first-order valence-electron chi connectivity index (χ1n) is 5.01. The molecular weight excluding hydrogens is 255 g/mol. The Morgan fingerprint density at radius 3 is 2.59 bits per heavy atom. The maximum Gasteiger partial charge on any atom is 0.415 e. The van der Waals surface area contributed by atoms with Gasteiger partial charge in [0.2, 0.25) is 0 Å². The van der Waals surface area contributed by atoms with Gasteiger partial charge in [-0.2, -0.15) is 13.2 Å². The number of halogens is 4. The zero-order valence-electron chi connectivity index (χ0n) is 9.18. The summed E-state index contributed by atoms with van der Waals surface area (Å²) in [6.45, 7) is 1.54. The molecular formula is C11H13ClF3NO. The SMILES string of the molecule is Cc1ccc(CNCC(O)C(F)(F)F)cc1Cl. The molecule has 0 aliphatic heterocycles. The van der Waals surface area contributed by atoms with Crippen LogP contribution >= 0.6 is 11.6 Å². The second-order valence-corrected chi connectivity index (χ2v) is 4.18. The molecule has 2 N–H and O–H groups in total. The molecule has 0 radical (unpaired) electrons. The van der Waals surface area contributed by atoms with Crippen LogP contribution in [-0.2, 0) is 6.54 Å². The van der Waals surface area contributed by atoms with Crippen molar-refractivity contribution in [3.05, 3.63) is 34.3 Å². The Morgan fingerprint density at radius 2 is 2.06 bits per heavy atom. The Bertz CT molecular complexity index is 381. The molecule has 0 spiro atoms. The second kappa shape index (κ2) is 5.71. The van der Waals surface area contributed by atoms with Gasteiger partial charge in [0.1, 0.15) is 0 Å². The van der Waals surface area contributed by atoms with Crippen LogP contribution in [0, 0.1) is 6.92 Å². The van der Waals surface area contributed by atoms with E-state index in [9.17, 15) is 13.2 Å². The number of aryl methyl sites for hydroxylation is 1. The number of aliphatic hydroxyl groups excluding tert-OH is 1. The van der Waals surface area contributed by atoms with Gasteiger partial charge in [-0.15, -0.1) is 0 Å². The van der Waals surface area contributed by atoms with Crippen molar-refractivity contribution in [2.75, 3.05) is 6.54 Å². The van der Waals surface area contributed by atoms with Crippen LogP contribution in [0.1, 0.15) is 11.1 Å². The third-order valence-corrected chi connectivity index (χ3v) is 2.69. The smallest absolute Gasteiger partial charge is 0.382 e. The standard InChI is InChI=1S/C11H13ClF3NO/c1-7-2-3-8(4-9(7)12)5-16-6-10(17)11(13,14)15/h2-4,10,16-17H,5-6H2,1H3. The summed E-state index contributed by atoms with van der Waals surface area (Å²) in [4.78, 5) is 0. The second-order valence-electron chi connectivity index (χ2n) is 3.77. The summed E-state index contributed by atoms with van der Waals surface area (Å²) in [6.07, 6.45) is -6.93. The Hall–Kier alpha value is -0.780. The van der Waals surface area contributed by atoms with Crippen molar-refractivity contribution in [2.24, 2.45) is 0 Å². The fourth-order valence-corrected chi connectivity index (χ4v) is 1.42. The molecule has 0 saturated carbocycles. The van der Waals surface area contributed by atoms with Crippen LogP contribution in [0.25, 0.3) is 0 Å². The number of alkyl halides is 3. The molecule has 17 heavy (non-hydrogen) atoms. The van der Waals surface area contributed by atoms with E-state index in [0.29, 0.717) is 5.02 Å². The molecule has 1 atom stereocenters. The zero-order valence-corrected chi connectivity index (χ0v) is 9.94. The molecule has 0 saturated heterocycles. The summed E-state index contributed by atoms with van der Waals surface area (Å²) in [5.41, 5.74) is 1.68. The van der Waals surface area contributed by atoms with Gasteiger partial charge in [0.25, 0.3) is 0 Å². The minimum Gasteiger partial charge on any atom is -0.382 e. The van der Waals surface area contributed by atoms with Crippen LogP contribution in [-0.4, -0.2) is 23.9 Å². The van der Waals surface area contributed by atoms with E-state index in [2.05, 4.69) is 5.32 Å². The normalized spacial score (nSPS) is 13.8. The van der Waals surface area contributed by atoms with Gasteiger partial charge in [-0.25, -0.2) is 0 Å². The highest BCUT2D eigenvalue weighted by atomic mass is 35.5. The van der Waals surface area contributed by atoms with E-state index < -0.39 is 18.8 Å². The Kier molecular flexibility index (Phi) is 4.80. The summed E-state index contributed by atoms with van der Waals surface area (Å²) in [5.74, 6) is 0. The molecule has 6 heteroatoms. The molecule has 0 heterocycles. The number of aliphatic hydroxyl groups is 1. The van der Waals surface area contributed by atoms with Gasteiger partial charge < -0.3 is 10.4 Å². The van der Waals surface area contributed by atoms with Crippen LogP contribution < -0.4 is 5.32 Å². The van der Waals surface area contributed by atoms with E-state index in [0.717, 1.165) is 11.1 Å². The Morgan fingerprint density at radius 1 is 1.41 bits per heavy atom. The first-order chi connectivity index (χ1) is 7.80. The molecule has 1 aromatic carbocycles. The van der Waals surface area contributed by atoms with Gasteiger partial charge in [0, 0.05) is 18.1 Å². The molecule has 2 nitrogen and oxygen atoms in total. The molecule has 0 aliphatic carbocycles. The van der Waals surface area contributed by atoms with E-state index in [1.54, 1.807) is 18.2 Å². The highest BCUT2D eigenvalue weighted by Crippen LogP contribution is 2.19. The lowest BCUT2D eigenvalue weighted by molar-refractivity contribution is -0.201. The average molecular weight is 268 g/mol. The Balaban J connectivity index is 2.44. The van der Waals surface area contributed by atoms with Crippen LogP contribution in [0.4, 0.5) is 13.2 Å². The molecule has 0 fully saturated rings. The van der Waals surface area contributed by atoms with E-state index in [-0.39, 0.29) is 6.54 Å². The Labute approximate surface area is 102 Å². The highest BCUT2D eigenvalue weighted by Gasteiger charge is 2.37. The third kappa shape index (κ3) is 4.53. The minimum atomic E-state index is -4.59. The van der Waals surface area contributed by atoms with Crippen molar-refractivity contribution in [3.8, 4) is 0 Å². The molecule has 0 aromatic heterocycles. The summed E-state index contributed by atoms with van der Waals surface area (Å²) in [5, 5.41) is 11.8. The van der Waals surface area contributed by atoms with Crippen molar-refractivity contribution >= 4 is 11.6 Å². The van der Waals surface area contributed by atoms with Crippen molar-refractivity contribution < 1.29 is 18.3 Å². The summed E-state index contributed by atoms with van der Waals surface area (Å²) < 4.78 is 35.9. The number of nitrogens with one attached hydrogen (secondary N) is 1. The summed E-state index contributed by atoms with van der Waals surface area (Å²) in [6, 6.07) is 5.25. The maximum absolute atomic E-state index is 12.0. The first kappa shape index (κ1) is 14.3. The highest BCUT2D eigenvalue weighted by molar-refractivity contribution is 6.31. The average Bonchev–Trinajstić information content (AvgIpc) is 2.22. The predicted molar refractivity (Wildman–Crippen MR) is 60.0 cm³/mol. The van der Waals surface area contributed by atoms with E-state index in [4.69, 9.17) is 16.7 Å². The van der Waals surface area contributed by atoms with E-state index in [1.807, 2.05) is 6.92 Å². The molecule has 1 aromatic rings. The lowest BCUT2D eigenvalue weighted by Crippen LogP contribution is -2.38. The van der Waals surface area contributed by atoms with Crippen molar-refractivity contribution in [1.82, 2.24) is 5.32 Å². The molecule has 1 rings (SSSR count). The molecule has 0 aliphatic rings.